The molecule has 0 aliphatic rings. The molecule has 0 unspecified atom stereocenters. The molecule has 3 heterocycles. The van der Waals surface area contributed by atoms with E-state index in [0.29, 0.717) is 11.8 Å². The maximum absolute atomic E-state index is 5.94. The summed E-state index contributed by atoms with van der Waals surface area (Å²) in [6.07, 6.45) is 5.04. The second kappa shape index (κ2) is 4.47. The summed E-state index contributed by atoms with van der Waals surface area (Å²) in [6.45, 7) is 2.01. The summed E-state index contributed by atoms with van der Waals surface area (Å²) in [5.41, 5.74) is 1.12. The molecule has 0 saturated heterocycles. The maximum Gasteiger partial charge on any atom is 0.239 e. The molecular weight excluding hydrogens is 270 g/mol. The summed E-state index contributed by atoms with van der Waals surface area (Å²) in [6, 6.07) is 2.02. The molecule has 7 heteroatoms. The normalized spacial score (nSPS) is 10.8. The Morgan fingerprint density at radius 1 is 1.28 bits per heavy atom. The number of aromatic nitrogens is 5. The highest BCUT2D eigenvalue weighted by atomic mass is 35.5. The summed E-state index contributed by atoms with van der Waals surface area (Å²) in [4.78, 5) is 17.6. The first-order chi connectivity index (χ1) is 8.74. The zero-order chi connectivity index (χ0) is 12.5. The smallest absolute Gasteiger partial charge is 0.239 e. The minimum Gasteiger partial charge on any atom is -0.274 e. The van der Waals surface area contributed by atoms with Crippen molar-refractivity contribution < 1.29 is 0 Å². The molecule has 18 heavy (non-hydrogen) atoms. The number of nitrogens with zero attached hydrogens (tertiary/aromatic N) is 5. The van der Waals surface area contributed by atoms with Gasteiger partial charge in [-0.1, -0.05) is 0 Å². The highest BCUT2D eigenvalue weighted by Gasteiger charge is 2.11. The van der Waals surface area contributed by atoms with Gasteiger partial charge in [-0.15, -0.1) is 11.3 Å². The Morgan fingerprint density at radius 2 is 2.17 bits per heavy atom. The van der Waals surface area contributed by atoms with Crippen molar-refractivity contribution in [2.75, 3.05) is 0 Å². The van der Waals surface area contributed by atoms with Crippen LogP contribution in [0.3, 0.4) is 0 Å². The molecule has 0 atom stereocenters. The fraction of sp³-hybridized carbons (Fsp3) is 0.0909. The number of imidazole rings is 1. The van der Waals surface area contributed by atoms with Gasteiger partial charge in [-0.3, -0.25) is 4.57 Å². The first-order valence-electron chi connectivity index (χ1n) is 5.18. The summed E-state index contributed by atoms with van der Waals surface area (Å²) in [7, 11) is 0. The minimum absolute atomic E-state index is 0.177. The number of thiophene rings is 1. The lowest BCUT2D eigenvalue weighted by atomic mass is 10.3. The van der Waals surface area contributed by atoms with Gasteiger partial charge in [0.25, 0.3) is 0 Å². The second-order valence-electron chi connectivity index (χ2n) is 3.63. The van der Waals surface area contributed by atoms with Gasteiger partial charge in [-0.05, 0) is 35.5 Å². The first-order valence-corrected chi connectivity index (χ1v) is 6.44. The molecule has 0 aromatic carbocycles. The van der Waals surface area contributed by atoms with Gasteiger partial charge in [0.15, 0.2) is 5.82 Å². The summed E-state index contributed by atoms with van der Waals surface area (Å²) >= 11 is 7.53. The molecule has 3 aromatic rings. The predicted molar refractivity (Wildman–Crippen MR) is 70.0 cm³/mol. The molecule has 0 spiro atoms. The van der Waals surface area contributed by atoms with E-state index in [1.54, 1.807) is 34.6 Å². The van der Waals surface area contributed by atoms with Gasteiger partial charge in [-0.2, -0.15) is 15.0 Å². The molecule has 0 aliphatic carbocycles. The van der Waals surface area contributed by atoms with Crippen LogP contribution in [0.15, 0.2) is 30.2 Å². The molecule has 0 aliphatic heterocycles. The zero-order valence-electron chi connectivity index (χ0n) is 9.41. The lowest BCUT2D eigenvalue weighted by Gasteiger charge is -2.03. The zero-order valence-corrected chi connectivity index (χ0v) is 11.0. The number of halogens is 1. The molecule has 3 aromatic heterocycles. The van der Waals surface area contributed by atoms with Crippen LogP contribution in [0.2, 0.25) is 5.28 Å². The fourth-order valence-electron chi connectivity index (χ4n) is 1.54. The standard InChI is InChI=1S/C11H8ClN5S/c1-7-2-5-18-8(7)9-14-10(12)16-11(15-9)17-4-3-13-6-17/h2-6H,1H3. The van der Waals surface area contributed by atoms with E-state index < -0.39 is 0 Å². The number of rotatable bonds is 2. The molecular formula is C11H8ClN5S. The largest absolute Gasteiger partial charge is 0.274 e. The summed E-state index contributed by atoms with van der Waals surface area (Å²) in [5.74, 6) is 1.06. The monoisotopic (exact) mass is 277 g/mol. The quantitative estimate of drug-likeness (QED) is 0.723. The van der Waals surface area contributed by atoms with E-state index in [4.69, 9.17) is 11.6 Å². The maximum atomic E-state index is 5.94. The topological polar surface area (TPSA) is 56.5 Å². The van der Waals surface area contributed by atoms with Gasteiger partial charge in [0, 0.05) is 12.4 Å². The molecule has 5 nitrogen and oxygen atoms in total. The average Bonchev–Trinajstić information content (AvgIpc) is 2.98. The Labute approximate surface area is 112 Å². The van der Waals surface area contributed by atoms with Gasteiger partial charge in [0.1, 0.15) is 6.33 Å². The van der Waals surface area contributed by atoms with E-state index in [9.17, 15) is 0 Å². The number of hydrogen-bond acceptors (Lipinski definition) is 5. The van der Waals surface area contributed by atoms with Crippen molar-refractivity contribution in [2.45, 2.75) is 6.92 Å². The van der Waals surface area contributed by atoms with E-state index in [2.05, 4.69) is 19.9 Å². The number of aryl methyl sites for hydroxylation is 1. The highest BCUT2D eigenvalue weighted by Crippen LogP contribution is 2.26. The number of hydrogen-bond donors (Lipinski definition) is 0. The van der Waals surface area contributed by atoms with Crippen LogP contribution in [0.1, 0.15) is 5.56 Å². The van der Waals surface area contributed by atoms with Gasteiger partial charge >= 0.3 is 0 Å². The van der Waals surface area contributed by atoms with Crippen molar-refractivity contribution >= 4 is 22.9 Å². The van der Waals surface area contributed by atoms with Crippen molar-refractivity contribution in [1.82, 2.24) is 24.5 Å². The fourth-order valence-corrected chi connectivity index (χ4v) is 2.55. The summed E-state index contributed by atoms with van der Waals surface area (Å²) < 4.78 is 1.69. The van der Waals surface area contributed by atoms with E-state index in [1.807, 2.05) is 18.4 Å². The molecule has 0 saturated carbocycles. The SMILES string of the molecule is Cc1ccsc1-c1nc(Cl)nc(-n2ccnc2)n1. The van der Waals surface area contributed by atoms with Crippen LogP contribution in [-0.2, 0) is 0 Å². The highest BCUT2D eigenvalue weighted by molar-refractivity contribution is 7.13. The lowest BCUT2D eigenvalue weighted by Crippen LogP contribution is -2.02. The average molecular weight is 278 g/mol. The third-order valence-corrected chi connectivity index (χ3v) is 3.58. The van der Waals surface area contributed by atoms with Crippen molar-refractivity contribution in [2.24, 2.45) is 0 Å². The van der Waals surface area contributed by atoms with E-state index in [1.165, 1.54) is 0 Å². The van der Waals surface area contributed by atoms with Crippen LogP contribution in [0.5, 0.6) is 0 Å². The first kappa shape index (κ1) is 11.3. The second-order valence-corrected chi connectivity index (χ2v) is 4.88. The van der Waals surface area contributed by atoms with Crippen LogP contribution >= 0.6 is 22.9 Å². The van der Waals surface area contributed by atoms with Crippen LogP contribution < -0.4 is 0 Å². The Hall–Kier alpha value is -1.79. The van der Waals surface area contributed by atoms with Gasteiger partial charge in [0.05, 0.1) is 4.88 Å². The Balaban J connectivity index is 2.15. The van der Waals surface area contributed by atoms with Crippen LogP contribution in [0.25, 0.3) is 16.6 Å². The molecule has 0 amide bonds. The lowest BCUT2D eigenvalue weighted by molar-refractivity contribution is 0.900. The molecule has 0 fully saturated rings. The molecule has 0 radical (unpaired) electrons. The molecule has 90 valence electrons. The molecule has 3 rings (SSSR count). The van der Waals surface area contributed by atoms with Crippen LogP contribution in [0, 0.1) is 6.92 Å². The minimum atomic E-state index is 0.177. The third-order valence-electron chi connectivity index (χ3n) is 2.40. The molecule has 0 bridgehead atoms. The Bertz CT molecular complexity index is 677. The third kappa shape index (κ3) is 2.00. The Morgan fingerprint density at radius 3 is 2.83 bits per heavy atom. The van der Waals surface area contributed by atoms with Gasteiger partial charge in [0.2, 0.25) is 11.2 Å². The van der Waals surface area contributed by atoms with E-state index >= 15 is 0 Å². The van der Waals surface area contributed by atoms with Crippen molar-refractivity contribution in [3.63, 3.8) is 0 Å². The van der Waals surface area contributed by atoms with Crippen molar-refractivity contribution in [3.05, 3.63) is 41.0 Å². The van der Waals surface area contributed by atoms with Gasteiger partial charge < -0.3 is 0 Å². The molecule has 0 N–H and O–H groups in total. The summed E-state index contributed by atoms with van der Waals surface area (Å²) in [5, 5.41) is 2.18. The van der Waals surface area contributed by atoms with Crippen molar-refractivity contribution in [1.29, 1.82) is 0 Å². The van der Waals surface area contributed by atoms with E-state index in [-0.39, 0.29) is 5.28 Å². The van der Waals surface area contributed by atoms with E-state index in [0.717, 1.165) is 10.4 Å². The Kier molecular flexibility index (Phi) is 2.81. The predicted octanol–water partition coefficient (Wildman–Crippen LogP) is 2.75. The van der Waals surface area contributed by atoms with Crippen LogP contribution in [-0.4, -0.2) is 24.5 Å². The van der Waals surface area contributed by atoms with Crippen LogP contribution in [0.4, 0.5) is 0 Å². The van der Waals surface area contributed by atoms with Crippen molar-refractivity contribution in [3.8, 4) is 16.6 Å². The van der Waals surface area contributed by atoms with Gasteiger partial charge in [-0.25, -0.2) is 4.98 Å².